The molecule has 0 radical (unpaired) electrons. The van der Waals surface area contributed by atoms with Crippen LogP contribution in [0.5, 0.6) is 0 Å². The van der Waals surface area contributed by atoms with Gasteiger partial charge in [-0.05, 0) is 24.3 Å². The Bertz CT molecular complexity index is 710. The SMILES string of the molecule is NC(=O)C1=NN(c2ccc(S(=O)(=O)O)cc2)C(=O)C1N. The minimum atomic E-state index is -4.33. The summed E-state index contributed by atoms with van der Waals surface area (Å²) in [6.07, 6.45) is 0. The summed E-state index contributed by atoms with van der Waals surface area (Å²) in [5, 5.41) is 4.55. The first-order chi connectivity index (χ1) is 9.21. The summed E-state index contributed by atoms with van der Waals surface area (Å²) >= 11 is 0. The van der Waals surface area contributed by atoms with E-state index in [-0.39, 0.29) is 16.3 Å². The molecule has 1 unspecified atom stereocenters. The van der Waals surface area contributed by atoms with Crippen LogP contribution in [0.15, 0.2) is 34.3 Å². The number of hydrogen-bond acceptors (Lipinski definition) is 6. The quantitative estimate of drug-likeness (QED) is 0.573. The lowest BCUT2D eigenvalue weighted by Crippen LogP contribution is -2.43. The fraction of sp³-hybridized carbons (Fsp3) is 0.100. The molecule has 0 bridgehead atoms. The molecule has 0 aliphatic carbocycles. The van der Waals surface area contributed by atoms with E-state index >= 15 is 0 Å². The van der Waals surface area contributed by atoms with E-state index in [1.54, 1.807) is 0 Å². The van der Waals surface area contributed by atoms with Gasteiger partial charge >= 0.3 is 0 Å². The Balaban J connectivity index is 2.38. The van der Waals surface area contributed by atoms with E-state index in [9.17, 15) is 18.0 Å². The first kappa shape index (κ1) is 14.1. The lowest BCUT2D eigenvalue weighted by Gasteiger charge is -2.12. The van der Waals surface area contributed by atoms with E-state index in [1.165, 1.54) is 12.1 Å². The second-order valence-electron chi connectivity index (χ2n) is 3.95. The van der Waals surface area contributed by atoms with Crippen LogP contribution in [0.1, 0.15) is 0 Å². The highest BCUT2D eigenvalue weighted by atomic mass is 32.2. The van der Waals surface area contributed by atoms with Gasteiger partial charge in [0.15, 0.2) is 5.71 Å². The van der Waals surface area contributed by atoms with E-state index in [0.717, 1.165) is 17.1 Å². The van der Waals surface area contributed by atoms with Crippen molar-refractivity contribution in [3.63, 3.8) is 0 Å². The number of amides is 2. The second kappa shape index (κ2) is 4.67. The maximum Gasteiger partial charge on any atom is 0.294 e. The van der Waals surface area contributed by atoms with Crippen LogP contribution in [0.2, 0.25) is 0 Å². The third-order valence-corrected chi connectivity index (χ3v) is 3.48. The number of nitrogens with two attached hydrogens (primary N) is 2. The summed E-state index contributed by atoms with van der Waals surface area (Å²) in [7, 11) is -4.33. The van der Waals surface area contributed by atoms with E-state index in [2.05, 4.69) is 5.10 Å². The summed E-state index contributed by atoms with van der Waals surface area (Å²) in [6, 6.07) is 3.39. The Morgan fingerprint density at radius 1 is 1.30 bits per heavy atom. The molecule has 20 heavy (non-hydrogen) atoms. The molecule has 0 aromatic heterocycles. The van der Waals surface area contributed by atoms with Crippen molar-refractivity contribution < 1.29 is 22.6 Å². The summed E-state index contributed by atoms with van der Waals surface area (Å²) in [5.41, 5.74) is 10.4. The van der Waals surface area contributed by atoms with E-state index < -0.39 is 28.0 Å². The van der Waals surface area contributed by atoms with Gasteiger partial charge in [0.1, 0.15) is 6.04 Å². The Kier molecular flexibility index (Phi) is 3.29. The Morgan fingerprint density at radius 2 is 1.85 bits per heavy atom. The molecule has 2 rings (SSSR count). The smallest absolute Gasteiger partial charge is 0.294 e. The van der Waals surface area contributed by atoms with E-state index in [0.29, 0.717) is 0 Å². The summed E-state index contributed by atoms with van der Waals surface area (Å²) < 4.78 is 30.6. The highest BCUT2D eigenvalue weighted by Gasteiger charge is 2.36. The molecular formula is C10H10N4O5S. The van der Waals surface area contributed by atoms with Crippen LogP contribution in [0.4, 0.5) is 5.69 Å². The molecule has 9 nitrogen and oxygen atoms in total. The van der Waals surface area contributed by atoms with Gasteiger partial charge < -0.3 is 11.5 Å². The number of carbonyl (C=O) groups excluding carboxylic acids is 2. The minimum absolute atomic E-state index is 0.189. The van der Waals surface area contributed by atoms with Crippen LogP contribution in [0.25, 0.3) is 0 Å². The van der Waals surface area contributed by atoms with Crippen molar-refractivity contribution in [3.05, 3.63) is 24.3 Å². The standard InChI is InChI=1S/C10H10N4O5S/c11-7-8(9(12)15)13-14(10(7)16)5-1-3-6(4-2-5)20(17,18)19/h1-4,7H,11H2,(H2,12,15)(H,17,18,19). The van der Waals surface area contributed by atoms with Gasteiger partial charge in [-0.1, -0.05) is 0 Å². The van der Waals surface area contributed by atoms with E-state index in [1.807, 2.05) is 0 Å². The molecule has 1 aliphatic rings. The second-order valence-corrected chi connectivity index (χ2v) is 5.37. The van der Waals surface area contributed by atoms with Crippen molar-refractivity contribution in [1.29, 1.82) is 0 Å². The molecule has 0 saturated carbocycles. The van der Waals surface area contributed by atoms with Gasteiger partial charge in [-0.3, -0.25) is 14.1 Å². The van der Waals surface area contributed by atoms with Crippen LogP contribution >= 0.6 is 0 Å². The molecule has 1 aromatic carbocycles. The summed E-state index contributed by atoms with van der Waals surface area (Å²) in [4.78, 5) is 22.5. The molecule has 1 heterocycles. The monoisotopic (exact) mass is 298 g/mol. The zero-order valence-electron chi connectivity index (χ0n) is 9.92. The van der Waals surface area contributed by atoms with Crippen LogP contribution in [-0.4, -0.2) is 36.5 Å². The summed E-state index contributed by atoms with van der Waals surface area (Å²) in [5.74, 6) is -1.58. The predicted molar refractivity (Wildman–Crippen MR) is 68.3 cm³/mol. The Labute approximate surface area is 113 Å². The molecule has 10 heteroatoms. The minimum Gasteiger partial charge on any atom is -0.364 e. The van der Waals surface area contributed by atoms with Crippen molar-refractivity contribution in [2.75, 3.05) is 5.01 Å². The Morgan fingerprint density at radius 3 is 2.25 bits per heavy atom. The van der Waals surface area contributed by atoms with Gasteiger partial charge in [-0.2, -0.15) is 18.5 Å². The van der Waals surface area contributed by atoms with Gasteiger partial charge in [-0.25, -0.2) is 0 Å². The fourth-order valence-corrected chi connectivity index (χ4v) is 2.09. The number of benzene rings is 1. The highest BCUT2D eigenvalue weighted by Crippen LogP contribution is 2.22. The van der Waals surface area contributed by atoms with E-state index in [4.69, 9.17) is 16.0 Å². The van der Waals surface area contributed by atoms with Gasteiger partial charge in [-0.15, -0.1) is 0 Å². The fourth-order valence-electron chi connectivity index (χ4n) is 1.61. The first-order valence-corrected chi connectivity index (χ1v) is 6.71. The predicted octanol–water partition coefficient (Wildman–Crippen LogP) is -1.55. The zero-order chi connectivity index (χ0) is 15.1. The number of anilines is 1. The average Bonchev–Trinajstić information content (AvgIpc) is 2.66. The van der Waals surface area contributed by atoms with Gasteiger partial charge in [0.25, 0.3) is 21.9 Å². The number of nitrogens with zero attached hydrogens (tertiary/aromatic N) is 2. The molecule has 106 valence electrons. The molecule has 1 atom stereocenters. The van der Waals surface area contributed by atoms with Crippen molar-refractivity contribution in [1.82, 2.24) is 0 Å². The van der Waals surface area contributed by atoms with Crippen LogP contribution in [0.3, 0.4) is 0 Å². The lowest BCUT2D eigenvalue weighted by molar-refractivity contribution is -0.118. The molecule has 0 saturated heterocycles. The number of hydrogen-bond donors (Lipinski definition) is 3. The van der Waals surface area contributed by atoms with Crippen molar-refractivity contribution in [3.8, 4) is 0 Å². The molecule has 1 aromatic rings. The summed E-state index contributed by atoms with van der Waals surface area (Å²) in [6.45, 7) is 0. The number of hydrazone groups is 1. The molecule has 1 aliphatic heterocycles. The van der Waals surface area contributed by atoms with Gasteiger partial charge in [0.05, 0.1) is 10.6 Å². The molecule has 2 amide bonds. The molecule has 5 N–H and O–H groups in total. The average molecular weight is 298 g/mol. The molecule has 0 spiro atoms. The number of rotatable bonds is 3. The molecule has 0 fully saturated rings. The van der Waals surface area contributed by atoms with Crippen molar-refractivity contribution in [2.24, 2.45) is 16.6 Å². The topological polar surface area (TPSA) is 156 Å². The molecular weight excluding hydrogens is 288 g/mol. The third kappa shape index (κ3) is 2.39. The lowest BCUT2D eigenvalue weighted by atomic mass is 10.2. The number of primary amides is 1. The van der Waals surface area contributed by atoms with Crippen molar-refractivity contribution >= 4 is 33.3 Å². The maximum absolute atomic E-state index is 11.8. The zero-order valence-corrected chi connectivity index (χ0v) is 10.7. The first-order valence-electron chi connectivity index (χ1n) is 5.27. The van der Waals surface area contributed by atoms with Gasteiger partial charge in [0.2, 0.25) is 0 Å². The normalized spacial score (nSPS) is 19.1. The third-order valence-electron chi connectivity index (χ3n) is 2.61. The van der Waals surface area contributed by atoms with Gasteiger partial charge in [0, 0.05) is 0 Å². The highest BCUT2D eigenvalue weighted by molar-refractivity contribution is 7.85. The largest absolute Gasteiger partial charge is 0.364 e. The van der Waals surface area contributed by atoms with Crippen LogP contribution < -0.4 is 16.5 Å². The number of carbonyl (C=O) groups is 2. The van der Waals surface area contributed by atoms with Crippen LogP contribution in [0, 0.1) is 0 Å². The van der Waals surface area contributed by atoms with Crippen LogP contribution in [-0.2, 0) is 19.7 Å². The Hall–Kier alpha value is -2.30. The maximum atomic E-state index is 11.8. The van der Waals surface area contributed by atoms with Crippen molar-refractivity contribution in [2.45, 2.75) is 10.9 Å².